The van der Waals surface area contributed by atoms with Crippen LogP contribution in [0, 0.1) is 6.92 Å². The molecule has 2 N–H and O–H groups in total. The van der Waals surface area contributed by atoms with Gasteiger partial charge in [-0.25, -0.2) is 0 Å². The Bertz CT molecular complexity index is 437. The number of halogens is 1. The largest absolute Gasteiger partial charge is 0.378 e. The lowest BCUT2D eigenvalue weighted by Gasteiger charge is -2.05. The predicted molar refractivity (Wildman–Crippen MR) is 64.8 cm³/mol. The van der Waals surface area contributed by atoms with Crippen molar-refractivity contribution in [1.29, 1.82) is 0 Å². The minimum atomic E-state index is 0.804. The highest BCUT2D eigenvalue weighted by Gasteiger charge is 1.98. The molecule has 0 amide bonds. The van der Waals surface area contributed by atoms with Gasteiger partial charge in [0.15, 0.2) is 0 Å². The van der Waals surface area contributed by atoms with Gasteiger partial charge in [-0.15, -0.1) is 0 Å². The highest BCUT2D eigenvalue weighted by molar-refractivity contribution is 9.10. The first-order chi connectivity index (χ1) is 7.25. The predicted octanol–water partition coefficient (Wildman–Crippen LogP) is 3.09. The Morgan fingerprint density at radius 3 is 3.00 bits per heavy atom. The van der Waals surface area contributed by atoms with Gasteiger partial charge in [-0.1, -0.05) is 28.1 Å². The van der Waals surface area contributed by atoms with Crippen molar-refractivity contribution in [1.82, 2.24) is 10.2 Å². The van der Waals surface area contributed by atoms with E-state index in [4.69, 9.17) is 0 Å². The number of aromatic nitrogens is 2. The molecule has 1 aromatic carbocycles. The number of hydrogen-bond acceptors (Lipinski definition) is 2. The van der Waals surface area contributed by atoms with Crippen molar-refractivity contribution in [3.05, 3.63) is 46.2 Å². The van der Waals surface area contributed by atoms with Crippen molar-refractivity contribution >= 4 is 21.6 Å². The number of H-pyrrole nitrogens is 1. The Labute approximate surface area is 97.0 Å². The molecule has 15 heavy (non-hydrogen) atoms. The van der Waals surface area contributed by atoms with Crippen LogP contribution in [0.3, 0.4) is 0 Å². The molecule has 0 saturated carbocycles. The molecule has 0 radical (unpaired) electrons. The molecule has 1 heterocycles. The van der Waals surface area contributed by atoms with Gasteiger partial charge in [-0.05, 0) is 24.1 Å². The molecule has 0 aliphatic rings. The summed E-state index contributed by atoms with van der Waals surface area (Å²) in [6.07, 6.45) is 3.60. The molecule has 0 spiro atoms. The van der Waals surface area contributed by atoms with Crippen LogP contribution in [0.25, 0.3) is 0 Å². The van der Waals surface area contributed by atoms with Gasteiger partial charge in [0, 0.05) is 17.2 Å². The summed E-state index contributed by atoms with van der Waals surface area (Å²) in [5.74, 6) is 0. The summed E-state index contributed by atoms with van der Waals surface area (Å²) >= 11 is 3.52. The molecule has 2 aromatic rings. The third-order valence-electron chi connectivity index (χ3n) is 2.23. The van der Waals surface area contributed by atoms with Crippen LogP contribution in [0.4, 0.5) is 5.69 Å². The second-order valence-corrected chi connectivity index (χ2v) is 4.28. The van der Waals surface area contributed by atoms with Gasteiger partial charge in [0.2, 0.25) is 0 Å². The van der Waals surface area contributed by atoms with Gasteiger partial charge in [0.25, 0.3) is 0 Å². The first-order valence-corrected chi connectivity index (χ1v) is 5.52. The summed E-state index contributed by atoms with van der Waals surface area (Å²) < 4.78 is 1.15. The third-order valence-corrected chi connectivity index (χ3v) is 3.09. The van der Waals surface area contributed by atoms with Crippen molar-refractivity contribution in [2.24, 2.45) is 0 Å². The zero-order chi connectivity index (χ0) is 10.7. The summed E-state index contributed by atoms with van der Waals surface area (Å²) in [7, 11) is 0. The number of hydrogen-bond donors (Lipinski definition) is 2. The van der Waals surface area contributed by atoms with Crippen molar-refractivity contribution in [3.8, 4) is 0 Å². The fourth-order valence-electron chi connectivity index (χ4n) is 1.30. The molecule has 0 bridgehead atoms. The third kappa shape index (κ3) is 2.59. The molecule has 0 atom stereocenters. The molecule has 78 valence electrons. The number of benzene rings is 1. The van der Waals surface area contributed by atoms with Crippen molar-refractivity contribution in [2.45, 2.75) is 13.5 Å². The number of rotatable bonds is 3. The normalized spacial score (nSPS) is 10.3. The maximum absolute atomic E-state index is 3.87. The van der Waals surface area contributed by atoms with E-state index in [1.165, 1.54) is 11.1 Å². The van der Waals surface area contributed by atoms with Gasteiger partial charge in [-0.3, -0.25) is 5.10 Å². The fraction of sp³-hybridized carbons (Fsp3) is 0.182. The first-order valence-electron chi connectivity index (χ1n) is 4.73. The van der Waals surface area contributed by atoms with E-state index in [0.717, 1.165) is 16.7 Å². The summed E-state index contributed by atoms with van der Waals surface area (Å²) in [4.78, 5) is 0. The molecule has 3 nitrogen and oxygen atoms in total. The maximum Gasteiger partial charge on any atom is 0.0726 e. The smallest absolute Gasteiger partial charge is 0.0726 e. The van der Waals surface area contributed by atoms with Crippen LogP contribution in [-0.4, -0.2) is 10.2 Å². The Morgan fingerprint density at radius 1 is 1.47 bits per heavy atom. The number of nitrogens with zero attached hydrogens (tertiary/aromatic N) is 1. The van der Waals surface area contributed by atoms with E-state index >= 15 is 0 Å². The lowest BCUT2D eigenvalue weighted by molar-refractivity contribution is 1.09. The van der Waals surface area contributed by atoms with Crippen molar-refractivity contribution < 1.29 is 0 Å². The number of anilines is 1. The lowest BCUT2D eigenvalue weighted by atomic mass is 10.1. The Balaban J connectivity index is 2.02. The van der Waals surface area contributed by atoms with Crippen molar-refractivity contribution in [3.63, 3.8) is 0 Å². The van der Waals surface area contributed by atoms with Gasteiger partial charge in [-0.2, -0.15) is 5.10 Å². The summed E-state index contributed by atoms with van der Waals surface area (Å²) in [5.41, 5.74) is 3.50. The highest BCUT2D eigenvalue weighted by Crippen LogP contribution is 2.18. The molecule has 0 aliphatic carbocycles. The van der Waals surface area contributed by atoms with Crippen molar-refractivity contribution in [2.75, 3.05) is 5.32 Å². The van der Waals surface area contributed by atoms with E-state index in [0.29, 0.717) is 0 Å². The average molecular weight is 266 g/mol. The SMILES string of the molecule is Cc1ccc(CNc2cn[nH]c2)cc1Br. The Kier molecular flexibility index (Phi) is 3.06. The van der Waals surface area contributed by atoms with Crippen LogP contribution < -0.4 is 5.32 Å². The standard InChI is InChI=1S/C11H12BrN3/c1-8-2-3-9(4-11(8)12)5-13-10-6-14-15-7-10/h2-4,6-7,13H,5H2,1H3,(H,14,15). The minimum absolute atomic E-state index is 0.804. The molecule has 0 aliphatic heterocycles. The van der Waals surface area contributed by atoms with E-state index in [1.54, 1.807) is 6.20 Å². The van der Waals surface area contributed by atoms with Gasteiger partial charge in [0.05, 0.1) is 11.9 Å². The summed E-state index contributed by atoms with van der Waals surface area (Å²) in [6, 6.07) is 6.35. The molecule has 0 unspecified atom stereocenters. The molecule has 4 heteroatoms. The van der Waals surface area contributed by atoms with Crippen LogP contribution >= 0.6 is 15.9 Å². The number of nitrogens with one attached hydrogen (secondary N) is 2. The van der Waals surface area contributed by atoms with Gasteiger partial charge in [0.1, 0.15) is 0 Å². The lowest BCUT2D eigenvalue weighted by Crippen LogP contribution is -1.98. The van der Waals surface area contributed by atoms with E-state index in [2.05, 4.69) is 56.6 Å². The molecule has 2 rings (SSSR count). The van der Waals surface area contributed by atoms with Crippen LogP contribution in [0.15, 0.2) is 35.1 Å². The summed E-state index contributed by atoms with van der Waals surface area (Å²) in [6.45, 7) is 2.88. The second-order valence-electron chi connectivity index (χ2n) is 3.42. The van der Waals surface area contributed by atoms with Crippen LogP contribution in [-0.2, 0) is 6.54 Å². The van der Waals surface area contributed by atoms with Crippen LogP contribution in [0.5, 0.6) is 0 Å². The van der Waals surface area contributed by atoms with Crippen LogP contribution in [0.2, 0.25) is 0 Å². The Morgan fingerprint density at radius 2 is 2.33 bits per heavy atom. The topological polar surface area (TPSA) is 40.7 Å². The number of aryl methyl sites for hydroxylation is 1. The average Bonchev–Trinajstić information content (AvgIpc) is 2.73. The Hall–Kier alpha value is -1.29. The fourth-order valence-corrected chi connectivity index (χ4v) is 1.72. The molecular weight excluding hydrogens is 254 g/mol. The van der Waals surface area contributed by atoms with Gasteiger partial charge >= 0.3 is 0 Å². The summed E-state index contributed by atoms with van der Waals surface area (Å²) in [5, 5.41) is 9.91. The number of aromatic amines is 1. The maximum atomic E-state index is 3.87. The zero-order valence-corrected chi connectivity index (χ0v) is 10.0. The van der Waals surface area contributed by atoms with E-state index in [1.807, 2.05) is 6.20 Å². The van der Waals surface area contributed by atoms with E-state index in [-0.39, 0.29) is 0 Å². The molecule has 0 saturated heterocycles. The first kappa shape index (κ1) is 10.2. The van der Waals surface area contributed by atoms with E-state index in [9.17, 15) is 0 Å². The minimum Gasteiger partial charge on any atom is -0.378 e. The van der Waals surface area contributed by atoms with Gasteiger partial charge < -0.3 is 5.32 Å². The quantitative estimate of drug-likeness (QED) is 0.896. The molecule has 0 fully saturated rings. The monoisotopic (exact) mass is 265 g/mol. The zero-order valence-electron chi connectivity index (χ0n) is 8.42. The second kappa shape index (κ2) is 4.49. The highest BCUT2D eigenvalue weighted by atomic mass is 79.9. The molecular formula is C11H12BrN3. The van der Waals surface area contributed by atoms with E-state index < -0.39 is 0 Å². The van der Waals surface area contributed by atoms with Crippen LogP contribution in [0.1, 0.15) is 11.1 Å². The molecule has 1 aromatic heterocycles.